The van der Waals surface area contributed by atoms with E-state index in [-0.39, 0.29) is 35.5 Å². The number of hydrogen-bond donors (Lipinski definition) is 1. The van der Waals surface area contributed by atoms with Crippen LogP contribution in [0.1, 0.15) is 54.4 Å². The Morgan fingerprint density at radius 1 is 0.875 bits per heavy atom. The van der Waals surface area contributed by atoms with Crippen molar-refractivity contribution in [1.82, 2.24) is 10.2 Å². The maximum atomic E-state index is 14.7. The second-order valence-electron chi connectivity index (χ2n) is 12.5. The van der Waals surface area contributed by atoms with Gasteiger partial charge >= 0.3 is 0 Å². The Kier molecular flexibility index (Phi) is 11.5. The van der Waals surface area contributed by atoms with Gasteiger partial charge in [-0.25, -0.2) is 12.8 Å². The molecule has 5 rings (SSSR count). The zero-order valence-corrected chi connectivity index (χ0v) is 28.8. The summed E-state index contributed by atoms with van der Waals surface area (Å²) in [7, 11) is -4.27. The summed E-state index contributed by atoms with van der Waals surface area (Å²) in [6, 6.07) is 25.4. The van der Waals surface area contributed by atoms with Crippen LogP contribution >= 0.6 is 11.6 Å². The number of anilines is 1. The molecule has 4 aromatic carbocycles. The highest BCUT2D eigenvalue weighted by molar-refractivity contribution is 7.92. The first-order valence-electron chi connectivity index (χ1n) is 16.2. The number of hydrogen-bond acceptors (Lipinski definition) is 4. The van der Waals surface area contributed by atoms with Crippen LogP contribution in [0.15, 0.2) is 102 Å². The molecule has 4 aromatic rings. The topological polar surface area (TPSA) is 86.8 Å². The predicted molar refractivity (Wildman–Crippen MR) is 188 cm³/mol. The maximum absolute atomic E-state index is 14.7. The average molecular weight is 690 g/mol. The summed E-state index contributed by atoms with van der Waals surface area (Å²) < 4.78 is 43.6. The summed E-state index contributed by atoms with van der Waals surface area (Å²) in [5.41, 5.74) is 3.18. The lowest BCUT2D eigenvalue weighted by Crippen LogP contribution is -2.55. The fraction of sp³-hybridized carbons (Fsp3) is 0.316. The van der Waals surface area contributed by atoms with Gasteiger partial charge in [-0.3, -0.25) is 13.9 Å². The van der Waals surface area contributed by atoms with E-state index in [1.54, 1.807) is 43.3 Å². The molecule has 252 valence electrons. The minimum Gasteiger partial charge on any atom is -0.352 e. The van der Waals surface area contributed by atoms with E-state index < -0.39 is 34.3 Å². The highest BCUT2D eigenvalue weighted by Gasteiger charge is 2.36. The Bertz CT molecular complexity index is 1810. The molecule has 10 heteroatoms. The third-order valence-corrected chi connectivity index (χ3v) is 10.8. The molecule has 0 saturated heterocycles. The Balaban J connectivity index is 1.58. The predicted octanol–water partition coefficient (Wildman–Crippen LogP) is 7.38. The minimum atomic E-state index is -4.27. The maximum Gasteiger partial charge on any atom is 0.264 e. The van der Waals surface area contributed by atoms with E-state index in [0.717, 1.165) is 47.5 Å². The van der Waals surface area contributed by atoms with Gasteiger partial charge in [0.2, 0.25) is 11.8 Å². The Hall–Kier alpha value is -4.21. The molecule has 48 heavy (non-hydrogen) atoms. The molecule has 0 aromatic heterocycles. The van der Waals surface area contributed by atoms with Crippen molar-refractivity contribution in [3.8, 4) is 0 Å². The lowest BCUT2D eigenvalue weighted by Gasteiger charge is -2.35. The van der Waals surface area contributed by atoms with E-state index in [0.29, 0.717) is 16.1 Å². The summed E-state index contributed by atoms with van der Waals surface area (Å²) in [6.45, 7) is 2.97. The zero-order valence-electron chi connectivity index (χ0n) is 27.2. The minimum absolute atomic E-state index is 0.0141. The summed E-state index contributed by atoms with van der Waals surface area (Å²) >= 11 is 6.37. The summed E-state index contributed by atoms with van der Waals surface area (Å²) in [5.74, 6) is -1.33. The van der Waals surface area contributed by atoms with Crippen molar-refractivity contribution in [3.05, 3.63) is 130 Å². The molecule has 2 amide bonds. The molecule has 0 heterocycles. The molecular formula is C38H41ClFN3O4S. The Morgan fingerprint density at radius 2 is 1.54 bits per heavy atom. The molecule has 1 aliphatic carbocycles. The Morgan fingerprint density at radius 3 is 2.21 bits per heavy atom. The molecule has 1 N–H and O–H groups in total. The second kappa shape index (κ2) is 15.8. The molecule has 1 fully saturated rings. The van der Waals surface area contributed by atoms with Gasteiger partial charge in [-0.15, -0.1) is 0 Å². The summed E-state index contributed by atoms with van der Waals surface area (Å²) in [6.07, 6.45) is 5.05. The van der Waals surface area contributed by atoms with Crippen LogP contribution < -0.4 is 9.62 Å². The SMILES string of the molecule is Cc1ccc(S(=O)(=O)N(CC(=O)N(Cc2ccc(F)cc2)[C@@H](Cc2ccccc2)C(=O)NC2CCCCC2)c2cc(Cl)ccc2C)cc1. The zero-order chi connectivity index (χ0) is 34.3. The van der Waals surface area contributed by atoms with Crippen molar-refractivity contribution in [1.29, 1.82) is 0 Å². The van der Waals surface area contributed by atoms with Gasteiger partial charge in [0.15, 0.2) is 0 Å². The molecule has 7 nitrogen and oxygen atoms in total. The number of carbonyl (C=O) groups excluding carboxylic acids is 2. The van der Waals surface area contributed by atoms with Crippen LogP contribution in [0, 0.1) is 19.7 Å². The number of rotatable bonds is 12. The number of nitrogens with zero attached hydrogens (tertiary/aromatic N) is 2. The average Bonchev–Trinajstić information content (AvgIpc) is 3.08. The van der Waals surface area contributed by atoms with E-state index in [4.69, 9.17) is 11.6 Å². The summed E-state index contributed by atoms with van der Waals surface area (Å²) in [5, 5.41) is 3.50. The van der Waals surface area contributed by atoms with Gasteiger partial charge in [0.05, 0.1) is 10.6 Å². The van der Waals surface area contributed by atoms with Gasteiger partial charge in [-0.05, 0) is 79.8 Å². The van der Waals surface area contributed by atoms with E-state index in [1.165, 1.54) is 35.2 Å². The van der Waals surface area contributed by atoms with Gasteiger partial charge in [-0.1, -0.05) is 97.1 Å². The number of nitrogens with one attached hydrogen (secondary N) is 1. The Labute approximate surface area is 287 Å². The van der Waals surface area contributed by atoms with E-state index in [1.807, 2.05) is 37.3 Å². The van der Waals surface area contributed by atoms with E-state index >= 15 is 0 Å². The van der Waals surface area contributed by atoms with Gasteiger partial charge in [-0.2, -0.15) is 0 Å². The molecule has 0 spiro atoms. The number of benzene rings is 4. The number of sulfonamides is 1. The molecule has 1 atom stereocenters. The van der Waals surface area contributed by atoms with E-state index in [2.05, 4.69) is 5.32 Å². The first kappa shape index (κ1) is 35.1. The number of aryl methyl sites for hydroxylation is 2. The van der Waals surface area contributed by atoms with E-state index in [9.17, 15) is 22.4 Å². The van der Waals surface area contributed by atoms with Crippen molar-refractivity contribution < 1.29 is 22.4 Å². The second-order valence-corrected chi connectivity index (χ2v) is 14.8. The van der Waals surface area contributed by atoms with Gasteiger partial charge in [0.25, 0.3) is 10.0 Å². The highest BCUT2D eigenvalue weighted by atomic mass is 35.5. The first-order valence-corrected chi connectivity index (χ1v) is 18.1. The smallest absolute Gasteiger partial charge is 0.264 e. The summed E-state index contributed by atoms with van der Waals surface area (Å²) in [4.78, 5) is 30.3. The highest BCUT2D eigenvalue weighted by Crippen LogP contribution is 2.30. The molecule has 0 radical (unpaired) electrons. The molecular weight excluding hydrogens is 649 g/mol. The number of amides is 2. The standard InChI is InChI=1S/C38H41ClFN3O4S/c1-27-13-21-34(22-14-27)48(46,47)43(35-24-31(39)18-15-28(35)2)26-37(44)42(25-30-16-19-32(40)20-17-30)36(23-29-9-5-3-6-10-29)38(45)41-33-11-7-4-8-12-33/h3,5-6,9-10,13-22,24,33,36H,4,7-8,11-12,23,25-26H2,1-2H3,(H,41,45)/t36-/m0/s1. The molecule has 1 aliphatic rings. The lowest BCUT2D eigenvalue weighted by molar-refractivity contribution is -0.140. The van der Waals surface area contributed by atoms with Gasteiger partial charge in [0.1, 0.15) is 18.4 Å². The van der Waals surface area contributed by atoms with Crippen LogP contribution in [0.2, 0.25) is 5.02 Å². The fourth-order valence-electron chi connectivity index (χ4n) is 6.09. The third kappa shape index (κ3) is 8.82. The van der Waals surface area contributed by atoms with Gasteiger partial charge < -0.3 is 10.2 Å². The van der Waals surface area contributed by atoms with Crippen molar-refractivity contribution in [2.24, 2.45) is 0 Å². The van der Waals surface area contributed by atoms with Crippen LogP contribution in [0.5, 0.6) is 0 Å². The largest absolute Gasteiger partial charge is 0.352 e. The number of carbonyl (C=O) groups is 2. The van der Waals surface area contributed by atoms with Crippen LogP contribution in [0.3, 0.4) is 0 Å². The first-order chi connectivity index (χ1) is 23.0. The van der Waals surface area contributed by atoms with Gasteiger partial charge in [0, 0.05) is 24.0 Å². The third-order valence-electron chi connectivity index (χ3n) is 8.82. The van der Waals surface area contributed by atoms with Crippen molar-refractivity contribution in [3.63, 3.8) is 0 Å². The molecule has 1 saturated carbocycles. The van der Waals surface area contributed by atoms with Crippen LogP contribution in [0.4, 0.5) is 10.1 Å². The lowest BCUT2D eigenvalue weighted by atomic mass is 9.94. The molecule has 0 unspecified atom stereocenters. The molecule has 0 bridgehead atoms. The quantitative estimate of drug-likeness (QED) is 0.168. The number of halogens is 2. The van der Waals surface area contributed by atoms with Crippen molar-refractivity contribution in [2.75, 3.05) is 10.8 Å². The van der Waals surface area contributed by atoms with Crippen LogP contribution in [-0.2, 0) is 32.6 Å². The van der Waals surface area contributed by atoms with Crippen molar-refractivity contribution in [2.45, 2.75) is 75.9 Å². The van der Waals surface area contributed by atoms with Crippen molar-refractivity contribution >= 4 is 39.1 Å². The fourth-order valence-corrected chi connectivity index (χ4v) is 7.72. The monoisotopic (exact) mass is 689 g/mol. The van der Waals surface area contributed by atoms with Crippen LogP contribution in [-0.4, -0.2) is 43.8 Å². The normalized spacial score (nSPS) is 14.2. The van der Waals surface area contributed by atoms with Crippen LogP contribution in [0.25, 0.3) is 0 Å². The molecule has 0 aliphatic heterocycles.